The molecule has 3 nitrogen and oxygen atoms in total. The van der Waals surface area contributed by atoms with Gasteiger partial charge in [-0.1, -0.05) is 147 Å². The van der Waals surface area contributed by atoms with Crippen molar-refractivity contribution in [3.05, 3.63) is 163 Å². The Morgan fingerprint density at radius 1 is 0.510 bits per heavy atom. The number of fused-ring (bicyclic) bond motifs is 7. The summed E-state index contributed by atoms with van der Waals surface area (Å²) in [5.41, 5.74) is 9.46. The van der Waals surface area contributed by atoms with Crippen LogP contribution in [-0.2, 0) is 0 Å². The zero-order chi connectivity index (χ0) is 34.1. The van der Waals surface area contributed by atoms with Crippen LogP contribution in [0, 0.1) is 0 Å². The third-order valence-electron chi connectivity index (χ3n) is 10.3. The van der Waals surface area contributed by atoms with Crippen molar-refractivity contribution in [2.75, 3.05) is 0 Å². The van der Waals surface area contributed by atoms with E-state index in [1.54, 1.807) is 0 Å². The number of nitrogens with zero attached hydrogens (tertiary/aromatic N) is 3. The number of rotatable bonds is 5. The molecule has 51 heavy (non-hydrogen) atoms. The Bertz CT molecular complexity index is 2890. The Balaban J connectivity index is 1.18. The molecule has 0 amide bonds. The number of aromatic nitrogens is 3. The van der Waals surface area contributed by atoms with Crippen LogP contribution in [0.15, 0.2) is 158 Å². The van der Waals surface area contributed by atoms with Crippen molar-refractivity contribution < 1.29 is 0 Å². The van der Waals surface area contributed by atoms with Crippen LogP contribution >= 0.6 is 11.5 Å². The smallest absolute Gasteiger partial charge is 0.173 e. The van der Waals surface area contributed by atoms with Crippen molar-refractivity contribution in [3.8, 4) is 38.8 Å². The van der Waals surface area contributed by atoms with Gasteiger partial charge in [0.05, 0.1) is 11.0 Å². The lowest BCUT2D eigenvalue weighted by atomic mass is 9.87. The molecule has 0 N–H and O–H groups in total. The highest BCUT2D eigenvalue weighted by molar-refractivity contribution is 7.09. The molecule has 0 spiro atoms. The minimum atomic E-state index is 0.453. The molecule has 0 aliphatic heterocycles. The molecule has 0 saturated carbocycles. The first-order chi connectivity index (χ1) is 25.1. The van der Waals surface area contributed by atoms with Gasteiger partial charge in [-0.25, -0.2) is 4.98 Å². The van der Waals surface area contributed by atoms with Gasteiger partial charge in [0.2, 0.25) is 0 Å². The molecule has 0 saturated heterocycles. The Morgan fingerprint density at radius 3 is 1.90 bits per heavy atom. The van der Waals surface area contributed by atoms with Crippen LogP contribution in [0.1, 0.15) is 25.3 Å². The minimum absolute atomic E-state index is 0.453. The summed E-state index contributed by atoms with van der Waals surface area (Å²) in [5.74, 6) is 1.20. The second-order valence-corrected chi connectivity index (χ2v) is 14.4. The van der Waals surface area contributed by atoms with E-state index in [-0.39, 0.29) is 0 Å². The van der Waals surface area contributed by atoms with E-state index in [4.69, 9.17) is 9.36 Å². The number of hydrogen-bond donors (Lipinski definition) is 0. The molecule has 242 valence electrons. The maximum absolute atomic E-state index is 5.30. The van der Waals surface area contributed by atoms with Gasteiger partial charge in [0, 0.05) is 27.6 Å². The molecular weight excluding hydrogens is 639 g/mol. The van der Waals surface area contributed by atoms with Gasteiger partial charge in [0.25, 0.3) is 0 Å². The normalized spacial score (nSPS) is 11.9. The van der Waals surface area contributed by atoms with E-state index in [9.17, 15) is 0 Å². The van der Waals surface area contributed by atoms with E-state index in [2.05, 4.69) is 176 Å². The van der Waals surface area contributed by atoms with Crippen molar-refractivity contribution in [3.63, 3.8) is 0 Å². The van der Waals surface area contributed by atoms with Gasteiger partial charge in [-0.15, -0.1) is 0 Å². The molecule has 0 fully saturated rings. The topological polar surface area (TPSA) is 30.7 Å². The number of hydrogen-bond acceptors (Lipinski definition) is 3. The van der Waals surface area contributed by atoms with Gasteiger partial charge in [-0.3, -0.25) is 0 Å². The molecule has 0 aliphatic carbocycles. The number of benzene rings is 8. The van der Waals surface area contributed by atoms with Crippen LogP contribution in [0.2, 0.25) is 0 Å². The largest absolute Gasteiger partial charge is 0.309 e. The molecule has 8 aromatic carbocycles. The van der Waals surface area contributed by atoms with Crippen molar-refractivity contribution in [1.82, 2.24) is 13.9 Å². The first kappa shape index (κ1) is 29.8. The van der Waals surface area contributed by atoms with Crippen LogP contribution in [0.3, 0.4) is 0 Å². The summed E-state index contributed by atoms with van der Waals surface area (Å²) in [6, 6.07) is 57.1. The molecule has 10 aromatic rings. The predicted octanol–water partition coefficient (Wildman–Crippen LogP) is 13.2. The quantitative estimate of drug-likeness (QED) is 0.171. The summed E-state index contributed by atoms with van der Waals surface area (Å²) in [7, 11) is 0. The molecule has 0 radical (unpaired) electrons. The molecule has 0 atom stereocenters. The van der Waals surface area contributed by atoms with Crippen LogP contribution in [-0.4, -0.2) is 13.9 Å². The summed E-state index contributed by atoms with van der Waals surface area (Å²) in [6.45, 7) is 4.51. The van der Waals surface area contributed by atoms with Gasteiger partial charge in [0.15, 0.2) is 5.82 Å². The maximum atomic E-state index is 5.30. The summed E-state index contributed by atoms with van der Waals surface area (Å²) in [5, 5.41) is 10.7. The van der Waals surface area contributed by atoms with E-state index < -0.39 is 0 Å². The molecule has 0 unspecified atom stereocenters. The van der Waals surface area contributed by atoms with Crippen molar-refractivity contribution in [1.29, 1.82) is 0 Å². The summed E-state index contributed by atoms with van der Waals surface area (Å²) in [6.07, 6.45) is 0. The third-order valence-corrected chi connectivity index (χ3v) is 11.1. The lowest BCUT2D eigenvalue weighted by Crippen LogP contribution is -1.93. The van der Waals surface area contributed by atoms with E-state index in [1.807, 2.05) is 0 Å². The zero-order valence-electron chi connectivity index (χ0n) is 28.3. The SMILES string of the molecule is CC(C)c1cccc(-c2c3ccccc3c(-c3nc(-c4ccc5c6c7ccccc7ccc6n(-c6ccccc6)c5c4)ns3)c3ccccc23)c1. The second-order valence-electron chi connectivity index (χ2n) is 13.6. The summed E-state index contributed by atoms with van der Waals surface area (Å²) >= 11 is 1.48. The highest BCUT2D eigenvalue weighted by Gasteiger charge is 2.21. The van der Waals surface area contributed by atoms with E-state index >= 15 is 0 Å². The van der Waals surface area contributed by atoms with Gasteiger partial charge in [0.1, 0.15) is 5.01 Å². The Morgan fingerprint density at radius 2 is 1.18 bits per heavy atom. The van der Waals surface area contributed by atoms with Gasteiger partial charge < -0.3 is 4.57 Å². The van der Waals surface area contributed by atoms with Crippen molar-refractivity contribution >= 4 is 65.7 Å². The Kier molecular flexibility index (Phi) is 6.87. The lowest BCUT2D eigenvalue weighted by molar-refractivity contribution is 0.867. The fourth-order valence-corrected chi connectivity index (χ4v) is 8.70. The lowest BCUT2D eigenvalue weighted by Gasteiger charge is -2.17. The monoisotopic (exact) mass is 671 g/mol. The van der Waals surface area contributed by atoms with Crippen LogP contribution in [0.25, 0.3) is 92.9 Å². The van der Waals surface area contributed by atoms with Gasteiger partial charge in [-0.05, 0) is 90.7 Å². The fourth-order valence-electron chi connectivity index (χ4n) is 7.95. The fraction of sp³-hybridized carbons (Fsp3) is 0.0638. The van der Waals surface area contributed by atoms with E-state index in [0.29, 0.717) is 5.92 Å². The van der Waals surface area contributed by atoms with Crippen LogP contribution in [0.5, 0.6) is 0 Å². The highest BCUT2D eigenvalue weighted by atomic mass is 32.1. The van der Waals surface area contributed by atoms with E-state index in [0.717, 1.165) is 33.2 Å². The van der Waals surface area contributed by atoms with Crippen LogP contribution < -0.4 is 0 Å². The molecule has 0 bridgehead atoms. The maximum Gasteiger partial charge on any atom is 0.173 e. The van der Waals surface area contributed by atoms with Gasteiger partial charge in [-0.2, -0.15) is 4.37 Å². The van der Waals surface area contributed by atoms with Crippen molar-refractivity contribution in [2.45, 2.75) is 19.8 Å². The third kappa shape index (κ3) is 4.71. The van der Waals surface area contributed by atoms with Crippen molar-refractivity contribution in [2.24, 2.45) is 0 Å². The number of para-hydroxylation sites is 1. The van der Waals surface area contributed by atoms with E-state index in [1.165, 1.54) is 76.8 Å². The average Bonchev–Trinajstić information content (AvgIpc) is 3.80. The Hall–Kier alpha value is -6.10. The minimum Gasteiger partial charge on any atom is -0.309 e. The molecule has 0 aliphatic rings. The first-order valence-electron chi connectivity index (χ1n) is 17.5. The highest BCUT2D eigenvalue weighted by Crippen LogP contribution is 2.45. The van der Waals surface area contributed by atoms with Crippen LogP contribution in [0.4, 0.5) is 0 Å². The molecule has 2 heterocycles. The predicted molar refractivity (Wildman–Crippen MR) is 217 cm³/mol. The standard InChI is InChI=1S/C47H33N3S/c1-29(2)31-14-12-15-32(27-31)43-36-19-8-10-21-38(36)45(39-22-11-9-20-37(39)43)47-48-46(49-51-47)33-23-25-40-42(28-33)50(34-16-4-3-5-17-34)41-26-24-30-13-6-7-18-35(30)44(40)41/h3-29H,1-2H3. The molecule has 10 rings (SSSR count). The molecular formula is C47H33N3S. The second kappa shape index (κ2) is 11.8. The summed E-state index contributed by atoms with van der Waals surface area (Å²) in [4.78, 5) is 5.30. The zero-order valence-corrected chi connectivity index (χ0v) is 29.2. The molecule has 2 aromatic heterocycles. The first-order valence-corrected chi connectivity index (χ1v) is 18.3. The average molecular weight is 672 g/mol. The molecule has 4 heteroatoms. The van der Waals surface area contributed by atoms with Gasteiger partial charge >= 0.3 is 0 Å². The summed E-state index contributed by atoms with van der Waals surface area (Å²) < 4.78 is 7.40. The Labute approximate surface area is 300 Å².